The van der Waals surface area contributed by atoms with Gasteiger partial charge in [-0.05, 0) is 64.7 Å². The number of ether oxygens (including phenoxy) is 1. The highest BCUT2D eigenvalue weighted by Crippen LogP contribution is 2.34. The summed E-state index contributed by atoms with van der Waals surface area (Å²) >= 11 is 0. The third-order valence-electron chi connectivity index (χ3n) is 6.21. The highest BCUT2D eigenvalue weighted by atomic mass is 16.6. The van der Waals surface area contributed by atoms with Gasteiger partial charge in [-0.1, -0.05) is 12.1 Å². The number of hydrogen-bond acceptors (Lipinski definition) is 7. The molecule has 1 saturated heterocycles. The Morgan fingerprint density at radius 1 is 1.18 bits per heavy atom. The van der Waals surface area contributed by atoms with Crippen molar-refractivity contribution in [2.24, 2.45) is 5.92 Å². The smallest absolute Gasteiger partial charge is 0.410 e. The number of para-hydroxylation sites is 1. The molecule has 0 bridgehead atoms. The number of piperidine rings is 1. The number of benzene rings is 1. The molecule has 0 spiro atoms. The minimum Gasteiger partial charge on any atom is -0.507 e. The minimum absolute atomic E-state index is 0.134. The van der Waals surface area contributed by atoms with E-state index in [9.17, 15) is 9.90 Å². The molecule has 3 aromatic rings. The van der Waals surface area contributed by atoms with Crippen LogP contribution >= 0.6 is 0 Å². The summed E-state index contributed by atoms with van der Waals surface area (Å²) < 4.78 is 7.45. The first-order valence-corrected chi connectivity index (χ1v) is 11.6. The summed E-state index contributed by atoms with van der Waals surface area (Å²) in [5, 5.41) is 23.0. The first-order valence-electron chi connectivity index (χ1n) is 11.6. The van der Waals surface area contributed by atoms with Crippen LogP contribution in [-0.2, 0) is 4.74 Å². The van der Waals surface area contributed by atoms with Gasteiger partial charge in [0, 0.05) is 36.0 Å². The van der Waals surface area contributed by atoms with Gasteiger partial charge in [0.05, 0.1) is 17.9 Å². The number of aromatic nitrogens is 4. The maximum Gasteiger partial charge on any atom is 0.410 e. The highest BCUT2D eigenvalue weighted by molar-refractivity contribution is 5.78. The van der Waals surface area contributed by atoms with Crippen molar-refractivity contribution in [3.63, 3.8) is 0 Å². The number of anilines is 1. The normalized spacial score (nSPS) is 15.8. The van der Waals surface area contributed by atoms with Crippen LogP contribution in [0.15, 0.2) is 42.7 Å². The van der Waals surface area contributed by atoms with Crippen LogP contribution in [0, 0.1) is 5.92 Å². The van der Waals surface area contributed by atoms with E-state index >= 15 is 0 Å². The molecule has 180 valence electrons. The van der Waals surface area contributed by atoms with Crippen molar-refractivity contribution in [3.8, 4) is 28.1 Å². The average molecular weight is 465 g/mol. The minimum atomic E-state index is -0.491. The van der Waals surface area contributed by atoms with Crippen molar-refractivity contribution in [1.29, 1.82) is 0 Å². The fourth-order valence-electron chi connectivity index (χ4n) is 4.26. The maximum absolute atomic E-state index is 12.4. The second kappa shape index (κ2) is 9.32. The number of likely N-dealkylation sites (tertiary alicyclic amines) is 1. The molecule has 2 aromatic heterocycles. The molecule has 0 radical (unpaired) electrons. The Bertz CT molecular complexity index is 1160. The van der Waals surface area contributed by atoms with E-state index in [0.29, 0.717) is 41.6 Å². The van der Waals surface area contributed by atoms with Gasteiger partial charge in [0.1, 0.15) is 11.4 Å². The lowest BCUT2D eigenvalue weighted by molar-refractivity contribution is 0.0163. The summed E-state index contributed by atoms with van der Waals surface area (Å²) in [6, 6.07) is 8.97. The van der Waals surface area contributed by atoms with Crippen molar-refractivity contribution >= 4 is 11.9 Å². The van der Waals surface area contributed by atoms with Gasteiger partial charge in [-0.25, -0.2) is 4.79 Å². The third-order valence-corrected chi connectivity index (χ3v) is 6.21. The molecule has 4 rings (SSSR count). The number of hydrogen-bond donors (Lipinski definition) is 2. The molecule has 1 aromatic carbocycles. The molecule has 1 atom stereocenters. The zero-order valence-corrected chi connectivity index (χ0v) is 20.1. The summed E-state index contributed by atoms with van der Waals surface area (Å²) in [5.41, 5.74) is 8.32. The molecule has 3 heterocycles. The second-order valence-corrected chi connectivity index (χ2v) is 9.80. The Labute approximate surface area is 199 Å². The number of phenols is 1. The Kier molecular flexibility index (Phi) is 6.45. The van der Waals surface area contributed by atoms with Gasteiger partial charge in [0.15, 0.2) is 5.82 Å². The van der Waals surface area contributed by atoms with E-state index in [-0.39, 0.29) is 17.9 Å². The van der Waals surface area contributed by atoms with E-state index in [1.54, 1.807) is 29.3 Å². The van der Waals surface area contributed by atoms with Gasteiger partial charge < -0.3 is 20.5 Å². The van der Waals surface area contributed by atoms with Crippen molar-refractivity contribution in [2.45, 2.75) is 52.2 Å². The monoisotopic (exact) mass is 464 g/mol. The number of carbonyl (C=O) groups is 1. The fraction of sp³-hybridized carbons (Fsp3) is 0.440. The lowest BCUT2D eigenvalue weighted by Gasteiger charge is -2.35. The van der Waals surface area contributed by atoms with Crippen LogP contribution in [0.4, 0.5) is 10.6 Å². The van der Waals surface area contributed by atoms with Crippen LogP contribution in [0.1, 0.15) is 46.6 Å². The zero-order chi connectivity index (χ0) is 24.5. The predicted molar refractivity (Wildman–Crippen MR) is 130 cm³/mol. The lowest BCUT2D eigenvalue weighted by Crippen LogP contribution is -2.42. The largest absolute Gasteiger partial charge is 0.507 e. The van der Waals surface area contributed by atoms with E-state index in [2.05, 4.69) is 22.2 Å². The van der Waals surface area contributed by atoms with Crippen LogP contribution in [0.25, 0.3) is 22.4 Å². The van der Waals surface area contributed by atoms with Crippen LogP contribution in [0.2, 0.25) is 0 Å². The molecule has 0 aliphatic carbocycles. The van der Waals surface area contributed by atoms with Crippen molar-refractivity contribution in [1.82, 2.24) is 24.9 Å². The summed E-state index contributed by atoms with van der Waals surface area (Å²) in [4.78, 5) is 14.1. The molecule has 1 aliphatic heterocycles. The molecule has 1 aliphatic rings. The van der Waals surface area contributed by atoms with Crippen molar-refractivity contribution in [2.75, 3.05) is 18.8 Å². The van der Waals surface area contributed by atoms with Crippen LogP contribution in [0.5, 0.6) is 5.75 Å². The van der Waals surface area contributed by atoms with Gasteiger partial charge in [-0.15, -0.1) is 10.2 Å². The topological polar surface area (TPSA) is 119 Å². The van der Waals surface area contributed by atoms with Crippen molar-refractivity contribution in [3.05, 3.63) is 42.7 Å². The van der Waals surface area contributed by atoms with E-state index in [1.807, 2.05) is 43.8 Å². The standard InChI is InChI=1S/C25H32N6O3/c1-16(17-9-11-30(12-10-17)24(33)34-25(2,3)4)31-15-18(14-27-31)20-13-21(28-29-23(20)26)19-7-5-6-8-22(19)32/h5-8,13-17,32H,9-12H2,1-4H3,(H2,26,29). The number of aromatic hydroxyl groups is 1. The van der Waals surface area contributed by atoms with Crippen LogP contribution < -0.4 is 5.73 Å². The lowest BCUT2D eigenvalue weighted by atomic mass is 9.90. The number of phenolic OH excluding ortho intramolecular Hbond substituents is 1. The van der Waals surface area contributed by atoms with E-state index in [0.717, 1.165) is 18.4 Å². The summed E-state index contributed by atoms with van der Waals surface area (Å²) in [5.74, 6) is 0.822. The summed E-state index contributed by atoms with van der Waals surface area (Å²) in [6.07, 6.45) is 5.25. The molecular weight excluding hydrogens is 432 g/mol. The average Bonchev–Trinajstić information content (AvgIpc) is 3.28. The number of amides is 1. The van der Waals surface area contributed by atoms with Gasteiger partial charge in [0.25, 0.3) is 0 Å². The number of nitrogen functional groups attached to an aromatic ring is 1. The molecule has 1 unspecified atom stereocenters. The molecule has 0 saturated carbocycles. The number of rotatable bonds is 4. The Morgan fingerprint density at radius 3 is 2.56 bits per heavy atom. The van der Waals surface area contributed by atoms with E-state index in [4.69, 9.17) is 10.5 Å². The van der Waals surface area contributed by atoms with Gasteiger partial charge in [0.2, 0.25) is 0 Å². The molecule has 1 amide bonds. The molecule has 9 heteroatoms. The fourth-order valence-corrected chi connectivity index (χ4v) is 4.26. The second-order valence-electron chi connectivity index (χ2n) is 9.80. The predicted octanol–water partition coefficient (Wildman–Crippen LogP) is 4.50. The van der Waals surface area contributed by atoms with Crippen LogP contribution in [0.3, 0.4) is 0 Å². The van der Waals surface area contributed by atoms with Gasteiger partial charge in [-0.3, -0.25) is 4.68 Å². The van der Waals surface area contributed by atoms with E-state index in [1.165, 1.54) is 0 Å². The summed E-state index contributed by atoms with van der Waals surface area (Å²) in [7, 11) is 0. The number of nitrogens with two attached hydrogens (primary N) is 1. The Hall–Kier alpha value is -3.62. The maximum atomic E-state index is 12.4. The first-order chi connectivity index (χ1) is 16.1. The van der Waals surface area contributed by atoms with Gasteiger partial charge >= 0.3 is 6.09 Å². The number of carbonyl (C=O) groups excluding carboxylic acids is 1. The number of nitrogens with zero attached hydrogens (tertiary/aromatic N) is 5. The Morgan fingerprint density at radius 2 is 1.88 bits per heavy atom. The highest BCUT2D eigenvalue weighted by Gasteiger charge is 2.30. The molecule has 3 N–H and O–H groups in total. The molecule has 9 nitrogen and oxygen atoms in total. The first kappa shape index (κ1) is 23.5. The molecule has 1 fully saturated rings. The SMILES string of the molecule is CC(C1CCN(C(=O)OC(C)(C)C)CC1)n1cc(-c2cc(-c3ccccc3O)nnc2N)cn1. The van der Waals surface area contributed by atoms with Gasteiger partial charge in [-0.2, -0.15) is 5.10 Å². The zero-order valence-electron chi connectivity index (χ0n) is 20.1. The molecular formula is C25H32N6O3. The van der Waals surface area contributed by atoms with E-state index < -0.39 is 5.60 Å². The Balaban J connectivity index is 1.46. The van der Waals surface area contributed by atoms with Crippen molar-refractivity contribution < 1.29 is 14.6 Å². The summed E-state index contributed by atoms with van der Waals surface area (Å²) in [6.45, 7) is 9.13. The molecule has 34 heavy (non-hydrogen) atoms. The van der Waals surface area contributed by atoms with Crippen LogP contribution in [-0.4, -0.2) is 54.8 Å². The third kappa shape index (κ3) is 5.13. The quantitative estimate of drug-likeness (QED) is 0.583.